The van der Waals surface area contributed by atoms with E-state index in [1.165, 1.54) is 0 Å². The van der Waals surface area contributed by atoms with Gasteiger partial charge in [0.25, 0.3) is 0 Å². The van der Waals surface area contributed by atoms with Crippen molar-refractivity contribution in [3.05, 3.63) is 28.2 Å². The smallest absolute Gasteiger partial charge is 0.124 e. The van der Waals surface area contributed by atoms with Crippen LogP contribution in [0.4, 0.5) is 0 Å². The summed E-state index contributed by atoms with van der Waals surface area (Å²) in [4.78, 5) is 0. The molecular weight excluding hydrogens is 270 g/mol. The Kier molecular flexibility index (Phi) is 5.80. The van der Waals surface area contributed by atoms with Gasteiger partial charge in [-0.05, 0) is 32.0 Å². The van der Waals surface area contributed by atoms with Crippen LogP contribution in [0.1, 0.15) is 18.9 Å². The molecule has 0 aliphatic carbocycles. The number of hydrogen-bond donors (Lipinski definition) is 2. The van der Waals surface area contributed by atoms with Crippen LogP contribution in [0.25, 0.3) is 0 Å². The van der Waals surface area contributed by atoms with Crippen LogP contribution in [0.15, 0.2) is 22.7 Å². The van der Waals surface area contributed by atoms with Gasteiger partial charge in [0.2, 0.25) is 0 Å². The summed E-state index contributed by atoms with van der Waals surface area (Å²) < 4.78 is 6.30. The highest BCUT2D eigenvalue weighted by Gasteiger charge is 2.03. The maximum Gasteiger partial charge on any atom is 0.124 e. The molecule has 0 aliphatic heterocycles. The third-order valence-corrected chi connectivity index (χ3v) is 2.80. The molecule has 0 radical (unpaired) electrons. The van der Waals surface area contributed by atoms with E-state index in [1.807, 2.05) is 18.2 Å². The highest BCUT2D eigenvalue weighted by atomic mass is 79.9. The summed E-state index contributed by atoms with van der Waals surface area (Å²) in [6.07, 6.45) is 0.512. The van der Waals surface area contributed by atoms with Gasteiger partial charge in [-0.25, -0.2) is 0 Å². The fourth-order valence-corrected chi connectivity index (χ4v) is 1.74. The molecule has 1 aromatic carbocycles. The van der Waals surface area contributed by atoms with Gasteiger partial charge in [-0.1, -0.05) is 22.0 Å². The molecule has 1 atom stereocenters. The monoisotopic (exact) mass is 287 g/mol. The SMILES string of the molecule is COc1cc(Br)ccc1CNCCC(C)O. The Morgan fingerprint density at radius 1 is 1.50 bits per heavy atom. The fourth-order valence-electron chi connectivity index (χ4n) is 1.40. The highest BCUT2D eigenvalue weighted by Crippen LogP contribution is 2.23. The lowest BCUT2D eigenvalue weighted by molar-refractivity contribution is 0.183. The van der Waals surface area contributed by atoms with Gasteiger partial charge >= 0.3 is 0 Å². The quantitative estimate of drug-likeness (QED) is 0.789. The lowest BCUT2D eigenvalue weighted by Crippen LogP contribution is -2.18. The van der Waals surface area contributed by atoms with Crippen LogP contribution in [0.3, 0.4) is 0 Å². The van der Waals surface area contributed by atoms with Crippen LogP contribution in [0.2, 0.25) is 0 Å². The normalized spacial score (nSPS) is 12.5. The van der Waals surface area contributed by atoms with Crippen molar-refractivity contribution in [2.75, 3.05) is 13.7 Å². The third-order valence-electron chi connectivity index (χ3n) is 2.30. The number of ether oxygens (including phenoxy) is 1. The highest BCUT2D eigenvalue weighted by molar-refractivity contribution is 9.10. The Hall–Kier alpha value is -0.580. The molecule has 0 amide bonds. The first-order chi connectivity index (χ1) is 7.63. The van der Waals surface area contributed by atoms with Crippen molar-refractivity contribution in [2.45, 2.75) is 26.0 Å². The van der Waals surface area contributed by atoms with E-state index in [2.05, 4.69) is 21.2 Å². The van der Waals surface area contributed by atoms with E-state index < -0.39 is 0 Å². The van der Waals surface area contributed by atoms with Crippen LogP contribution in [0.5, 0.6) is 5.75 Å². The number of methoxy groups -OCH3 is 1. The molecule has 1 aromatic rings. The molecule has 3 nitrogen and oxygen atoms in total. The first-order valence-corrected chi connectivity index (χ1v) is 6.14. The molecule has 0 bridgehead atoms. The second-order valence-electron chi connectivity index (χ2n) is 3.77. The van der Waals surface area contributed by atoms with Crippen molar-refractivity contribution >= 4 is 15.9 Å². The molecule has 90 valence electrons. The number of hydrogen-bond acceptors (Lipinski definition) is 3. The summed E-state index contributed by atoms with van der Waals surface area (Å²) in [5, 5.41) is 12.4. The molecule has 0 aliphatic rings. The van der Waals surface area contributed by atoms with Gasteiger partial charge in [-0.15, -0.1) is 0 Å². The standard InChI is InChI=1S/C12H18BrNO2/c1-9(15)5-6-14-8-10-3-4-11(13)7-12(10)16-2/h3-4,7,9,14-15H,5-6,8H2,1-2H3. The zero-order valence-corrected chi connectivity index (χ0v) is 11.3. The number of benzene rings is 1. The van der Waals surface area contributed by atoms with Gasteiger partial charge in [-0.2, -0.15) is 0 Å². The topological polar surface area (TPSA) is 41.5 Å². The molecule has 1 unspecified atom stereocenters. The van der Waals surface area contributed by atoms with Crippen molar-refractivity contribution in [3.8, 4) is 5.75 Å². The van der Waals surface area contributed by atoms with E-state index in [0.717, 1.165) is 35.3 Å². The van der Waals surface area contributed by atoms with Crippen LogP contribution in [0, 0.1) is 0 Å². The second kappa shape index (κ2) is 6.89. The van der Waals surface area contributed by atoms with E-state index >= 15 is 0 Å². The molecule has 0 aromatic heterocycles. The lowest BCUT2D eigenvalue weighted by atomic mass is 10.2. The number of aliphatic hydroxyl groups is 1. The summed E-state index contributed by atoms with van der Waals surface area (Å²) in [6.45, 7) is 3.35. The van der Waals surface area contributed by atoms with Crippen molar-refractivity contribution in [1.29, 1.82) is 0 Å². The minimum Gasteiger partial charge on any atom is -0.496 e. The number of rotatable bonds is 6. The van der Waals surface area contributed by atoms with Crippen molar-refractivity contribution < 1.29 is 9.84 Å². The van der Waals surface area contributed by atoms with Gasteiger partial charge in [0.15, 0.2) is 0 Å². The number of halogens is 1. The summed E-state index contributed by atoms with van der Waals surface area (Å²) in [7, 11) is 1.67. The first kappa shape index (κ1) is 13.5. The minimum absolute atomic E-state index is 0.251. The van der Waals surface area contributed by atoms with E-state index in [0.29, 0.717) is 0 Å². The summed E-state index contributed by atoms with van der Waals surface area (Å²) >= 11 is 3.40. The lowest BCUT2D eigenvalue weighted by Gasteiger charge is -2.10. The predicted octanol–water partition coefficient (Wildman–Crippen LogP) is 2.32. The van der Waals surface area contributed by atoms with Crippen molar-refractivity contribution in [1.82, 2.24) is 5.32 Å². The molecule has 0 saturated carbocycles. The molecule has 1 rings (SSSR count). The van der Waals surface area contributed by atoms with E-state index in [1.54, 1.807) is 14.0 Å². The molecule has 16 heavy (non-hydrogen) atoms. The van der Waals surface area contributed by atoms with Gasteiger partial charge in [0.1, 0.15) is 5.75 Å². The zero-order valence-electron chi connectivity index (χ0n) is 9.66. The van der Waals surface area contributed by atoms with E-state index in [-0.39, 0.29) is 6.10 Å². The average molecular weight is 288 g/mol. The van der Waals surface area contributed by atoms with Gasteiger partial charge in [0.05, 0.1) is 13.2 Å². The largest absolute Gasteiger partial charge is 0.496 e. The Bertz CT molecular complexity index is 329. The fraction of sp³-hybridized carbons (Fsp3) is 0.500. The minimum atomic E-state index is -0.251. The molecule has 0 heterocycles. The molecule has 2 N–H and O–H groups in total. The summed E-state index contributed by atoms with van der Waals surface area (Å²) in [6, 6.07) is 5.97. The van der Waals surface area contributed by atoms with Crippen LogP contribution >= 0.6 is 15.9 Å². The van der Waals surface area contributed by atoms with Crippen molar-refractivity contribution in [2.24, 2.45) is 0 Å². The van der Waals surface area contributed by atoms with Crippen LogP contribution < -0.4 is 10.1 Å². The predicted molar refractivity (Wildman–Crippen MR) is 68.7 cm³/mol. The van der Waals surface area contributed by atoms with Gasteiger partial charge < -0.3 is 15.2 Å². The van der Waals surface area contributed by atoms with E-state index in [4.69, 9.17) is 9.84 Å². The van der Waals surface area contributed by atoms with Crippen molar-refractivity contribution in [3.63, 3.8) is 0 Å². The summed E-state index contributed by atoms with van der Waals surface area (Å²) in [5.74, 6) is 0.874. The first-order valence-electron chi connectivity index (χ1n) is 5.34. The van der Waals surface area contributed by atoms with Crippen LogP contribution in [-0.2, 0) is 6.54 Å². The molecule has 0 spiro atoms. The molecule has 0 fully saturated rings. The van der Waals surface area contributed by atoms with Gasteiger partial charge in [0, 0.05) is 16.6 Å². The summed E-state index contributed by atoms with van der Waals surface area (Å²) in [5.41, 5.74) is 1.12. The molecule has 4 heteroatoms. The third kappa shape index (κ3) is 4.51. The Morgan fingerprint density at radius 2 is 2.25 bits per heavy atom. The molecule has 0 saturated heterocycles. The maximum absolute atomic E-state index is 9.12. The number of aliphatic hydroxyl groups excluding tert-OH is 1. The van der Waals surface area contributed by atoms with Gasteiger partial charge in [-0.3, -0.25) is 0 Å². The van der Waals surface area contributed by atoms with Crippen LogP contribution in [-0.4, -0.2) is 24.9 Å². The molecular formula is C12H18BrNO2. The Balaban J connectivity index is 2.47. The average Bonchev–Trinajstić information content (AvgIpc) is 2.25. The second-order valence-corrected chi connectivity index (χ2v) is 4.69. The number of nitrogens with one attached hydrogen (secondary N) is 1. The Morgan fingerprint density at radius 3 is 2.88 bits per heavy atom. The zero-order chi connectivity index (χ0) is 12.0. The maximum atomic E-state index is 9.12. The van der Waals surface area contributed by atoms with E-state index in [9.17, 15) is 0 Å². The Labute approximate surface area is 105 Å².